The van der Waals surface area contributed by atoms with Gasteiger partial charge in [0.2, 0.25) is 0 Å². The van der Waals surface area contributed by atoms with Crippen molar-refractivity contribution < 1.29 is 39.9 Å². The zero-order chi connectivity index (χ0) is 12.5. The van der Waals surface area contributed by atoms with Crippen LogP contribution in [0.2, 0.25) is 0 Å². The minimum atomic E-state index is -6.24. The molecule has 1 nitrogen and oxygen atoms in total. The average molecular weight is 244 g/mol. The van der Waals surface area contributed by atoms with Crippen LogP contribution in [0.1, 0.15) is 0 Å². The van der Waals surface area contributed by atoms with Crippen LogP contribution in [0.4, 0.5) is 35.1 Å². The predicted molar refractivity (Wildman–Crippen MR) is 32.1 cm³/mol. The third-order valence-electron chi connectivity index (χ3n) is 1.34. The van der Waals surface area contributed by atoms with Gasteiger partial charge in [0.05, 0.1) is 0 Å². The fourth-order valence-electron chi connectivity index (χ4n) is 0.512. The Bertz CT molecular complexity index is 248. The lowest BCUT2D eigenvalue weighted by Crippen LogP contribution is -2.55. The molecule has 90 valence electrons. The van der Waals surface area contributed by atoms with Crippen LogP contribution >= 0.6 is 0 Å². The predicted octanol–water partition coefficient (Wildman–Crippen LogP) is 3.28. The first-order valence-corrected chi connectivity index (χ1v) is 3.19. The van der Waals surface area contributed by atoms with Crippen molar-refractivity contribution in [2.75, 3.05) is 6.86 Å². The maximum Gasteiger partial charge on any atom is 0.428 e. The average Bonchev–Trinajstić information content (AvgIpc) is 2.02. The number of allylic oxidation sites excluding steroid dienone is 1. The summed E-state index contributed by atoms with van der Waals surface area (Å²) in [7, 11) is 0. The van der Waals surface area contributed by atoms with Gasteiger partial charge in [-0.3, -0.25) is 4.74 Å². The van der Waals surface area contributed by atoms with Crippen LogP contribution in [-0.2, 0) is 4.74 Å². The van der Waals surface area contributed by atoms with Gasteiger partial charge in [0, 0.05) is 0 Å². The summed E-state index contributed by atoms with van der Waals surface area (Å²) in [6.07, 6.45) is -5.85. The van der Waals surface area contributed by atoms with Crippen LogP contribution in [0, 0.1) is 0 Å². The van der Waals surface area contributed by atoms with Crippen molar-refractivity contribution >= 4 is 0 Å². The lowest BCUT2D eigenvalue weighted by atomic mass is 10.1. The van der Waals surface area contributed by atoms with E-state index in [2.05, 4.69) is 4.74 Å². The lowest BCUT2D eigenvalue weighted by Gasteiger charge is -2.30. The van der Waals surface area contributed by atoms with E-state index in [0.29, 0.717) is 0 Å². The van der Waals surface area contributed by atoms with E-state index in [1.54, 1.807) is 6.58 Å². The fourth-order valence-corrected chi connectivity index (χ4v) is 0.512. The Morgan fingerprint density at radius 3 is 1.73 bits per heavy atom. The molecule has 0 rings (SSSR count). The molecule has 0 amide bonds. The number of hydrogen-bond acceptors (Lipinski definition) is 1. The SMILES string of the molecule is C=C(F)C(F)(F)C(F)(F)C(F)(F)OCF. The van der Waals surface area contributed by atoms with E-state index in [9.17, 15) is 35.1 Å². The molecule has 0 aromatic heterocycles. The molecule has 0 aliphatic rings. The van der Waals surface area contributed by atoms with E-state index in [1.807, 2.05) is 0 Å². The number of halogens is 8. The van der Waals surface area contributed by atoms with Crippen LogP contribution in [-0.4, -0.2) is 24.8 Å². The molecule has 0 aliphatic heterocycles. The van der Waals surface area contributed by atoms with E-state index < -0.39 is 30.6 Å². The van der Waals surface area contributed by atoms with Crippen molar-refractivity contribution in [3.05, 3.63) is 12.4 Å². The summed E-state index contributed by atoms with van der Waals surface area (Å²) in [5.41, 5.74) is 0. The van der Waals surface area contributed by atoms with Gasteiger partial charge >= 0.3 is 18.0 Å². The van der Waals surface area contributed by atoms with Crippen molar-refractivity contribution in [2.24, 2.45) is 0 Å². The monoisotopic (exact) mass is 244 g/mol. The molecule has 0 aromatic carbocycles. The highest BCUT2D eigenvalue weighted by molar-refractivity contribution is 5.08. The highest BCUT2D eigenvalue weighted by Gasteiger charge is 2.74. The Balaban J connectivity index is 5.20. The van der Waals surface area contributed by atoms with Crippen LogP contribution in [0.15, 0.2) is 12.4 Å². The van der Waals surface area contributed by atoms with Gasteiger partial charge in [-0.25, -0.2) is 8.78 Å². The summed E-state index contributed by atoms with van der Waals surface area (Å²) in [5, 5.41) is 0. The first-order valence-electron chi connectivity index (χ1n) is 3.19. The van der Waals surface area contributed by atoms with Gasteiger partial charge in [-0.05, 0) is 0 Å². The minimum Gasteiger partial charge on any atom is -0.283 e. The van der Waals surface area contributed by atoms with Crippen LogP contribution < -0.4 is 0 Å². The molecule has 0 aromatic rings. The van der Waals surface area contributed by atoms with Crippen LogP contribution in [0.5, 0.6) is 0 Å². The van der Waals surface area contributed by atoms with Gasteiger partial charge in [0.15, 0.2) is 12.7 Å². The summed E-state index contributed by atoms with van der Waals surface area (Å²) in [6.45, 7) is -0.646. The maximum absolute atomic E-state index is 12.3. The molecule has 0 spiro atoms. The van der Waals surface area contributed by atoms with Crippen molar-refractivity contribution in [3.63, 3.8) is 0 Å². The highest BCUT2D eigenvalue weighted by Crippen LogP contribution is 2.49. The maximum atomic E-state index is 12.3. The molecule has 0 bridgehead atoms. The second-order valence-corrected chi connectivity index (χ2v) is 2.32. The van der Waals surface area contributed by atoms with Crippen molar-refractivity contribution in [2.45, 2.75) is 18.0 Å². The molecular formula is C6H4F8O. The molecule has 0 aliphatic carbocycles. The Kier molecular flexibility index (Phi) is 3.72. The highest BCUT2D eigenvalue weighted by atomic mass is 19.4. The lowest BCUT2D eigenvalue weighted by molar-refractivity contribution is -0.399. The minimum absolute atomic E-state index is 1.79. The molecule has 0 radical (unpaired) electrons. The van der Waals surface area contributed by atoms with E-state index in [-0.39, 0.29) is 0 Å². The van der Waals surface area contributed by atoms with Crippen LogP contribution in [0.3, 0.4) is 0 Å². The standard InChI is InChI=1S/C6H4F8O/c1-3(8)4(9,10)5(11,12)6(13,14)15-2-7/h1-2H2. The topological polar surface area (TPSA) is 9.23 Å². The van der Waals surface area contributed by atoms with Crippen molar-refractivity contribution in [1.82, 2.24) is 0 Å². The van der Waals surface area contributed by atoms with Gasteiger partial charge in [-0.15, -0.1) is 0 Å². The molecule has 0 saturated heterocycles. The zero-order valence-corrected chi connectivity index (χ0v) is 6.85. The smallest absolute Gasteiger partial charge is 0.283 e. The molecule has 0 saturated carbocycles. The normalized spacial score (nSPS) is 14.1. The Morgan fingerprint density at radius 1 is 1.07 bits per heavy atom. The summed E-state index contributed by atoms with van der Waals surface area (Å²) in [6, 6.07) is 0. The first-order chi connectivity index (χ1) is 6.50. The Hall–Kier alpha value is -0.860. The molecule has 0 fully saturated rings. The largest absolute Gasteiger partial charge is 0.428 e. The van der Waals surface area contributed by atoms with Gasteiger partial charge < -0.3 is 0 Å². The molecule has 15 heavy (non-hydrogen) atoms. The summed E-state index contributed by atoms with van der Waals surface area (Å²) < 4.78 is 99.0. The van der Waals surface area contributed by atoms with E-state index in [1.165, 1.54) is 0 Å². The van der Waals surface area contributed by atoms with Crippen molar-refractivity contribution in [1.29, 1.82) is 0 Å². The van der Waals surface area contributed by atoms with Gasteiger partial charge in [0.25, 0.3) is 0 Å². The third-order valence-corrected chi connectivity index (χ3v) is 1.34. The molecular weight excluding hydrogens is 240 g/mol. The number of ether oxygens (including phenoxy) is 1. The van der Waals surface area contributed by atoms with E-state index in [4.69, 9.17) is 0 Å². The number of rotatable bonds is 5. The Morgan fingerprint density at radius 2 is 1.47 bits per heavy atom. The van der Waals surface area contributed by atoms with Gasteiger partial charge in [0.1, 0.15) is 0 Å². The first kappa shape index (κ1) is 14.1. The van der Waals surface area contributed by atoms with Gasteiger partial charge in [-0.2, -0.15) is 26.3 Å². The van der Waals surface area contributed by atoms with Crippen molar-refractivity contribution in [3.8, 4) is 0 Å². The molecule has 9 heteroatoms. The second kappa shape index (κ2) is 3.95. The molecule has 0 N–H and O–H groups in total. The van der Waals surface area contributed by atoms with E-state index in [0.717, 1.165) is 0 Å². The zero-order valence-electron chi connectivity index (χ0n) is 6.85. The number of hydrogen-bond donors (Lipinski definition) is 0. The second-order valence-electron chi connectivity index (χ2n) is 2.32. The molecule has 0 heterocycles. The number of alkyl halides is 7. The van der Waals surface area contributed by atoms with Gasteiger partial charge in [-0.1, -0.05) is 6.58 Å². The Labute approximate surface area is 78.3 Å². The summed E-state index contributed by atoms with van der Waals surface area (Å²) in [5.74, 6) is -15.1. The summed E-state index contributed by atoms with van der Waals surface area (Å²) >= 11 is 0. The van der Waals surface area contributed by atoms with E-state index >= 15 is 0 Å². The summed E-state index contributed by atoms with van der Waals surface area (Å²) in [4.78, 5) is 0. The molecule has 0 atom stereocenters. The fraction of sp³-hybridized carbons (Fsp3) is 0.667. The third kappa shape index (κ3) is 2.21. The van der Waals surface area contributed by atoms with Crippen LogP contribution in [0.25, 0.3) is 0 Å². The quantitative estimate of drug-likeness (QED) is 0.674. The molecule has 0 unspecified atom stereocenters.